The molecule has 0 aliphatic heterocycles. The van der Waals surface area contributed by atoms with Crippen LogP contribution in [0.2, 0.25) is 0 Å². The number of rotatable bonds is 2. The van der Waals surface area contributed by atoms with E-state index in [1.807, 2.05) is 0 Å². The highest BCUT2D eigenvalue weighted by molar-refractivity contribution is 5.68. The number of carbonyl (C=O) groups is 1. The molecule has 0 saturated carbocycles. The van der Waals surface area contributed by atoms with Crippen LogP contribution in [0.1, 0.15) is 30.7 Å². The van der Waals surface area contributed by atoms with Crippen molar-refractivity contribution < 1.29 is 33.5 Å². The number of esters is 1. The standard InChI is InChI=1S/C12H9N5O8/c1-5(18)23-7-4-2-3-6-9-8(13-24-15(9)19)10-11(14-25-16(10)20)12(6,7)17(21)22/h2,4,6-7H,3H2,1H3/t6-,7+,12-/m0/s1. The average molecular weight is 351 g/mol. The van der Waals surface area contributed by atoms with E-state index in [0.717, 1.165) is 6.92 Å². The summed E-state index contributed by atoms with van der Waals surface area (Å²) < 4.78 is 14.1. The molecular formula is C12H9N5O8. The minimum Gasteiger partial charge on any atom is -0.450 e. The second-order valence-corrected chi connectivity index (χ2v) is 5.62. The third-order valence-electron chi connectivity index (χ3n) is 4.44. The molecule has 0 spiro atoms. The summed E-state index contributed by atoms with van der Waals surface area (Å²) in [6, 6.07) is 0. The Labute approximate surface area is 137 Å². The molecule has 3 atom stereocenters. The van der Waals surface area contributed by atoms with Gasteiger partial charge in [-0.15, -0.1) is 0 Å². The molecule has 25 heavy (non-hydrogen) atoms. The first kappa shape index (κ1) is 15.0. The highest BCUT2D eigenvalue weighted by Gasteiger charge is 2.73. The van der Waals surface area contributed by atoms with Crippen molar-refractivity contribution in [2.45, 2.75) is 30.9 Å². The quantitative estimate of drug-likeness (QED) is 0.216. The third-order valence-corrected chi connectivity index (χ3v) is 4.44. The van der Waals surface area contributed by atoms with Crippen LogP contribution in [-0.2, 0) is 15.1 Å². The molecule has 0 fully saturated rings. The van der Waals surface area contributed by atoms with Gasteiger partial charge in [-0.1, -0.05) is 6.08 Å². The van der Waals surface area contributed by atoms with Gasteiger partial charge < -0.3 is 15.2 Å². The molecule has 2 aliphatic rings. The number of hydrogen-bond donors (Lipinski definition) is 0. The number of ether oxygens (including phenoxy) is 1. The Morgan fingerprint density at radius 1 is 1.40 bits per heavy atom. The fourth-order valence-corrected chi connectivity index (χ4v) is 3.53. The van der Waals surface area contributed by atoms with Crippen molar-refractivity contribution in [2.75, 3.05) is 0 Å². The zero-order chi connectivity index (χ0) is 17.9. The molecule has 13 heteroatoms. The summed E-state index contributed by atoms with van der Waals surface area (Å²) in [6.45, 7) is 1.09. The van der Waals surface area contributed by atoms with Crippen molar-refractivity contribution in [2.24, 2.45) is 0 Å². The minimum absolute atomic E-state index is 0.00181. The van der Waals surface area contributed by atoms with E-state index in [-0.39, 0.29) is 33.3 Å². The Morgan fingerprint density at radius 2 is 2.12 bits per heavy atom. The molecule has 2 heterocycles. The van der Waals surface area contributed by atoms with Gasteiger partial charge in [0.25, 0.3) is 11.4 Å². The molecule has 0 N–H and O–H groups in total. The molecule has 2 aromatic heterocycles. The zero-order valence-electron chi connectivity index (χ0n) is 12.5. The van der Waals surface area contributed by atoms with Gasteiger partial charge in [-0.3, -0.25) is 24.2 Å². The third kappa shape index (κ3) is 1.68. The van der Waals surface area contributed by atoms with Crippen molar-refractivity contribution in [3.8, 4) is 11.4 Å². The van der Waals surface area contributed by atoms with E-state index in [4.69, 9.17) is 4.74 Å². The van der Waals surface area contributed by atoms with Crippen LogP contribution >= 0.6 is 0 Å². The molecule has 0 saturated heterocycles. The number of nitrogens with zero attached hydrogens (tertiary/aromatic N) is 5. The van der Waals surface area contributed by atoms with Gasteiger partial charge in [-0.2, -0.15) is 0 Å². The number of allylic oxidation sites excluding steroid dienone is 1. The van der Waals surface area contributed by atoms with E-state index in [1.165, 1.54) is 12.2 Å². The van der Waals surface area contributed by atoms with Gasteiger partial charge in [-0.25, -0.2) is 0 Å². The Morgan fingerprint density at radius 3 is 2.80 bits per heavy atom. The number of hydrogen-bond acceptors (Lipinski definition) is 10. The van der Waals surface area contributed by atoms with E-state index < -0.39 is 34.1 Å². The van der Waals surface area contributed by atoms with E-state index >= 15 is 0 Å². The highest BCUT2D eigenvalue weighted by atomic mass is 16.8. The Balaban J connectivity index is 2.09. The van der Waals surface area contributed by atoms with Gasteiger partial charge in [0.1, 0.15) is 5.92 Å². The molecule has 0 radical (unpaired) electrons. The Hall–Kier alpha value is -3.51. The fourth-order valence-electron chi connectivity index (χ4n) is 3.53. The molecule has 0 aromatic carbocycles. The summed E-state index contributed by atoms with van der Waals surface area (Å²) in [5, 5.41) is 43.1. The summed E-state index contributed by atoms with van der Waals surface area (Å²) >= 11 is 0. The van der Waals surface area contributed by atoms with Crippen LogP contribution in [0.15, 0.2) is 21.4 Å². The fraction of sp³-hybridized carbons (Fsp3) is 0.417. The van der Waals surface area contributed by atoms with Crippen LogP contribution in [-0.4, -0.2) is 27.3 Å². The summed E-state index contributed by atoms with van der Waals surface area (Å²) in [6.07, 6.45) is 1.49. The predicted octanol–water partition coefficient (Wildman–Crippen LogP) is -0.943. The van der Waals surface area contributed by atoms with E-state index in [0.29, 0.717) is 0 Å². The lowest BCUT2D eigenvalue weighted by atomic mass is 9.66. The molecule has 0 unspecified atom stereocenters. The van der Waals surface area contributed by atoms with Crippen molar-refractivity contribution in [3.05, 3.63) is 44.1 Å². The summed E-state index contributed by atoms with van der Waals surface area (Å²) in [5.41, 5.74) is -3.44. The lowest BCUT2D eigenvalue weighted by Crippen LogP contribution is -2.57. The number of nitro groups is 1. The van der Waals surface area contributed by atoms with E-state index in [2.05, 4.69) is 19.6 Å². The molecule has 2 aliphatic carbocycles. The Kier molecular flexibility index (Phi) is 2.86. The van der Waals surface area contributed by atoms with Crippen LogP contribution in [0.25, 0.3) is 11.4 Å². The maximum Gasteiger partial charge on any atom is 0.343 e. The monoisotopic (exact) mass is 351 g/mol. The average Bonchev–Trinajstić information content (AvgIpc) is 3.10. The lowest BCUT2D eigenvalue weighted by molar-refractivity contribution is -0.811. The summed E-state index contributed by atoms with van der Waals surface area (Å²) in [5.74, 6) is -1.91. The second kappa shape index (κ2) is 4.75. The van der Waals surface area contributed by atoms with Crippen molar-refractivity contribution >= 4 is 5.97 Å². The maximum atomic E-state index is 12.1. The molecule has 13 nitrogen and oxygen atoms in total. The lowest BCUT2D eigenvalue weighted by Gasteiger charge is -2.36. The number of fused-ring (bicyclic) bond motifs is 6. The van der Waals surface area contributed by atoms with Crippen LogP contribution in [0.4, 0.5) is 0 Å². The first-order valence-electron chi connectivity index (χ1n) is 7.07. The van der Waals surface area contributed by atoms with Crippen LogP contribution < -0.4 is 9.81 Å². The van der Waals surface area contributed by atoms with Crippen molar-refractivity contribution in [3.63, 3.8) is 0 Å². The molecule has 2 aromatic rings. The van der Waals surface area contributed by atoms with Gasteiger partial charge in [0.15, 0.2) is 6.10 Å². The van der Waals surface area contributed by atoms with Gasteiger partial charge in [0.2, 0.25) is 5.69 Å². The highest BCUT2D eigenvalue weighted by Crippen LogP contribution is 2.53. The van der Waals surface area contributed by atoms with Gasteiger partial charge in [0, 0.05) is 17.0 Å². The van der Waals surface area contributed by atoms with Crippen LogP contribution in [0.3, 0.4) is 0 Å². The predicted molar refractivity (Wildman–Crippen MR) is 70.6 cm³/mol. The van der Waals surface area contributed by atoms with Crippen molar-refractivity contribution in [1.82, 2.24) is 10.3 Å². The topological polar surface area (TPSA) is 175 Å². The summed E-state index contributed by atoms with van der Waals surface area (Å²) in [7, 11) is 0. The largest absolute Gasteiger partial charge is 0.450 e. The Bertz CT molecular complexity index is 932. The smallest absolute Gasteiger partial charge is 0.343 e. The molecule has 4 rings (SSSR count). The van der Waals surface area contributed by atoms with Gasteiger partial charge in [0.05, 0.1) is 5.16 Å². The molecule has 130 valence electrons. The normalized spacial score (nSPS) is 26.4. The first-order valence-corrected chi connectivity index (χ1v) is 7.07. The maximum absolute atomic E-state index is 12.1. The minimum atomic E-state index is -2.22. The summed E-state index contributed by atoms with van der Waals surface area (Å²) in [4.78, 5) is 22.8. The van der Waals surface area contributed by atoms with E-state index in [1.54, 1.807) is 0 Å². The van der Waals surface area contributed by atoms with Crippen molar-refractivity contribution in [1.29, 1.82) is 0 Å². The SMILES string of the molecule is CC(=O)O[C@@H]1C=CC[C@H]2c3c(no[n+]3[O-])-c3c(no[n+]3[O-])[C@@]12[N+](=O)[O-]. The second-order valence-electron chi connectivity index (χ2n) is 5.62. The molecular weight excluding hydrogens is 342 g/mol. The van der Waals surface area contributed by atoms with Crippen LogP contribution in [0.5, 0.6) is 0 Å². The first-order chi connectivity index (χ1) is 11.9. The van der Waals surface area contributed by atoms with Gasteiger partial charge >= 0.3 is 17.2 Å². The molecule has 0 amide bonds. The number of aromatic nitrogens is 4. The van der Waals surface area contributed by atoms with E-state index in [9.17, 15) is 25.3 Å². The van der Waals surface area contributed by atoms with Gasteiger partial charge in [-0.05, 0) is 22.3 Å². The molecule has 0 bridgehead atoms. The van der Waals surface area contributed by atoms with Crippen LogP contribution in [0, 0.1) is 20.5 Å². The zero-order valence-corrected chi connectivity index (χ0v) is 12.5. The number of carbonyl (C=O) groups excluding carboxylic acids is 1.